The van der Waals surface area contributed by atoms with Gasteiger partial charge in [-0.1, -0.05) is 5.16 Å². The molecule has 2 amide bonds. The second kappa shape index (κ2) is 8.98. The van der Waals surface area contributed by atoms with E-state index < -0.39 is 0 Å². The van der Waals surface area contributed by atoms with Crippen LogP contribution in [0.2, 0.25) is 0 Å². The number of rotatable bonds is 6. The fraction of sp³-hybridized carbons (Fsp3) is 0.429. The molecule has 3 N–H and O–H groups in total. The van der Waals surface area contributed by atoms with Crippen molar-refractivity contribution in [2.75, 3.05) is 29.9 Å². The van der Waals surface area contributed by atoms with Crippen molar-refractivity contribution in [3.05, 3.63) is 42.0 Å². The van der Waals surface area contributed by atoms with Crippen LogP contribution in [-0.4, -0.2) is 45.8 Å². The average Bonchev–Trinajstić information content (AvgIpc) is 3.41. The second-order valence-electron chi connectivity index (χ2n) is 7.54. The fourth-order valence-corrected chi connectivity index (χ4v) is 3.88. The number of imidazole rings is 1. The molecule has 4 heterocycles. The lowest BCUT2D eigenvalue weighted by molar-refractivity contribution is 0.252. The van der Waals surface area contributed by atoms with Crippen molar-refractivity contribution >= 4 is 17.5 Å². The maximum atomic E-state index is 11.6. The van der Waals surface area contributed by atoms with Gasteiger partial charge in [0.2, 0.25) is 0 Å². The lowest BCUT2D eigenvalue weighted by Crippen LogP contribution is -2.34. The summed E-state index contributed by atoms with van der Waals surface area (Å²) in [5, 5.41) is 9.28. The number of urea groups is 1. The van der Waals surface area contributed by atoms with Gasteiger partial charge in [0.25, 0.3) is 0 Å². The van der Waals surface area contributed by atoms with Gasteiger partial charge in [0.1, 0.15) is 11.5 Å². The first kappa shape index (κ1) is 19.9. The summed E-state index contributed by atoms with van der Waals surface area (Å²) in [6, 6.07) is 5.69. The van der Waals surface area contributed by atoms with E-state index in [1.165, 1.54) is 5.69 Å². The number of amides is 2. The van der Waals surface area contributed by atoms with Gasteiger partial charge in [0.05, 0.1) is 11.4 Å². The Labute approximate surface area is 175 Å². The van der Waals surface area contributed by atoms with E-state index in [1.54, 1.807) is 12.4 Å². The molecule has 158 valence electrons. The fourth-order valence-electron chi connectivity index (χ4n) is 3.88. The molecule has 0 radical (unpaired) electrons. The summed E-state index contributed by atoms with van der Waals surface area (Å²) < 4.78 is 5.40. The Bertz CT molecular complexity index is 975. The molecule has 0 atom stereocenters. The molecule has 9 heteroatoms. The summed E-state index contributed by atoms with van der Waals surface area (Å²) in [6.07, 6.45) is 6.50. The highest BCUT2D eigenvalue weighted by Crippen LogP contribution is 2.29. The van der Waals surface area contributed by atoms with Crippen LogP contribution < -0.4 is 15.5 Å². The molecule has 3 aromatic heterocycles. The number of anilines is 2. The smallest absolute Gasteiger partial charge is 0.320 e. The zero-order valence-corrected chi connectivity index (χ0v) is 17.3. The van der Waals surface area contributed by atoms with E-state index >= 15 is 0 Å². The Morgan fingerprint density at radius 3 is 2.87 bits per heavy atom. The summed E-state index contributed by atoms with van der Waals surface area (Å²) in [5.74, 6) is 2.58. The van der Waals surface area contributed by atoms with E-state index in [0.29, 0.717) is 18.3 Å². The molecule has 9 nitrogen and oxygen atoms in total. The highest BCUT2D eigenvalue weighted by molar-refractivity contribution is 5.88. The minimum absolute atomic E-state index is 0.271. The van der Waals surface area contributed by atoms with E-state index in [-0.39, 0.29) is 6.03 Å². The molecule has 4 rings (SSSR count). The standard InChI is InChI=1S/C21H27N7O2/c1-3-22-21(29)26-19-13-16(30-27-19)12-15-6-10-28(11-7-15)18-5-4-17(25-14(18)2)20-23-8-9-24-20/h4-5,8-9,13,15H,3,6-7,10-12H2,1-2H3,(H,23,24)(H2,22,26,27,29). The van der Waals surface area contributed by atoms with Crippen LogP contribution in [0.5, 0.6) is 0 Å². The SMILES string of the molecule is CCNC(=O)Nc1cc(CC2CCN(c3ccc(-c4ncc[nH]4)nc3C)CC2)on1. The van der Waals surface area contributed by atoms with Crippen LogP contribution in [0, 0.1) is 12.8 Å². The van der Waals surface area contributed by atoms with Crippen molar-refractivity contribution in [3.63, 3.8) is 0 Å². The number of hydrogen-bond donors (Lipinski definition) is 3. The highest BCUT2D eigenvalue weighted by atomic mass is 16.5. The third kappa shape index (κ3) is 4.61. The highest BCUT2D eigenvalue weighted by Gasteiger charge is 2.23. The van der Waals surface area contributed by atoms with Crippen LogP contribution in [0.15, 0.2) is 35.1 Å². The number of aromatic nitrogens is 4. The Balaban J connectivity index is 1.31. The number of aryl methyl sites for hydroxylation is 1. The third-order valence-electron chi connectivity index (χ3n) is 5.38. The van der Waals surface area contributed by atoms with Crippen molar-refractivity contribution in [1.29, 1.82) is 0 Å². The van der Waals surface area contributed by atoms with Gasteiger partial charge >= 0.3 is 6.03 Å². The zero-order valence-electron chi connectivity index (χ0n) is 17.3. The van der Waals surface area contributed by atoms with Crippen LogP contribution in [0.1, 0.15) is 31.2 Å². The molecule has 0 unspecified atom stereocenters. The van der Waals surface area contributed by atoms with E-state index in [4.69, 9.17) is 9.51 Å². The number of piperidine rings is 1. The minimum Gasteiger partial charge on any atom is -0.370 e. The van der Waals surface area contributed by atoms with Crippen LogP contribution in [-0.2, 0) is 6.42 Å². The van der Waals surface area contributed by atoms with Gasteiger partial charge in [-0.3, -0.25) is 5.32 Å². The predicted octanol–water partition coefficient (Wildman–Crippen LogP) is 3.37. The molecule has 3 aromatic rings. The number of carbonyl (C=O) groups excluding carboxylic acids is 1. The molecule has 1 aliphatic rings. The Hall–Kier alpha value is -3.36. The molecule has 1 fully saturated rings. The molecular formula is C21H27N7O2. The van der Waals surface area contributed by atoms with Gasteiger partial charge < -0.3 is 19.7 Å². The van der Waals surface area contributed by atoms with Crippen molar-refractivity contribution in [2.45, 2.75) is 33.1 Å². The molecule has 0 spiro atoms. The number of hydrogen-bond acceptors (Lipinski definition) is 6. The van der Waals surface area contributed by atoms with Gasteiger partial charge in [-0.25, -0.2) is 14.8 Å². The maximum Gasteiger partial charge on any atom is 0.320 e. The van der Waals surface area contributed by atoms with Gasteiger partial charge in [-0.05, 0) is 44.7 Å². The first-order valence-corrected chi connectivity index (χ1v) is 10.3. The topological polar surface area (TPSA) is 112 Å². The van der Waals surface area contributed by atoms with Gasteiger partial charge in [0.15, 0.2) is 11.6 Å². The van der Waals surface area contributed by atoms with Gasteiger partial charge in [-0.2, -0.15) is 0 Å². The first-order valence-electron chi connectivity index (χ1n) is 10.3. The summed E-state index contributed by atoms with van der Waals surface area (Å²) >= 11 is 0. The lowest BCUT2D eigenvalue weighted by Gasteiger charge is -2.34. The average molecular weight is 409 g/mol. The molecule has 30 heavy (non-hydrogen) atoms. The Morgan fingerprint density at radius 2 is 2.17 bits per heavy atom. The summed E-state index contributed by atoms with van der Waals surface area (Å²) in [7, 11) is 0. The van der Waals surface area contributed by atoms with E-state index in [0.717, 1.165) is 55.3 Å². The van der Waals surface area contributed by atoms with Crippen LogP contribution in [0.3, 0.4) is 0 Å². The second-order valence-corrected chi connectivity index (χ2v) is 7.54. The number of nitrogens with zero attached hydrogens (tertiary/aromatic N) is 4. The molecule has 1 aliphatic heterocycles. The normalized spacial score (nSPS) is 14.7. The third-order valence-corrected chi connectivity index (χ3v) is 5.38. The molecule has 1 saturated heterocycles. The largest absolute Gasteiger partial charge is 0.370 e. The quantitative estimate of drug-likeness (QED) is 0.575. The minimum atomic E-state index is -0.271. The van der Waals surface area contributed by atoms with E-state index in [9.17, 15) is 4.79 Å². The maximum absolute atomic E-state index is 11.6. The molecule has 0 saturated carbocycles. The molecular weight excluding hydrogens is 382 g/mol. The molecule has 0 aliphatic carbocycles. The van der Waals surface area contributed by atoms with Gasteiger partial charge in [0, 0.05) is 44.5 Å². The first-order chi connectivity index (χ1) is 14.6. The van der Waals surface area contributed by atoms with Crippen molar-refractivity contribution in [1.82, 2.24) is 25.4 Å². The summed E-state index contributed by atoms with van der Waals surface area (Å²) in [5.41, 5.74) is 3.05. The predicted molar refractivity (Wildman–Crippen MR) is 114 cm³/mol. The summed E-state index contributed by atoms with van der Waals surface area (Å²) in [4.78, 5) is 26.1. The monoisotopic (exact) mass is 409 g/mol. The number of nitrogens with one attached hydrogen (secondary N) is 3. The van der Waals surface area contributed by atoms with Gasteiger partial charge in [-0.15, -0.1) is 0 Å². The van der Waals surface area contributed by atoms with Crippen molar-refractivity contribution < 1.29 is 9.32 Å². The van der Waals surface area contributed by atoms with E-state index in [1.807, 2.05) is 26.0 Å². The number of pyridine rings is 1. The lowest BCUT2D eigenvalue weighted by atomic mass is 9.92. The summed E-state index contributed by atoms with van der Waals surface area (Å²) in [6.45, 7) is 6.43. The number of aromatic amines is 1. The van der Waals surface area contributed by atoms with Crippen LogP contribution in [0.25, 0.3) is 11.5 Å². The van der Waals surface area contributed by atoms with Crippen molar-refractivity contribution in [2.24, 2.45) is 5.92 Å². The van der Waals surface area contributed by atoms with E-state index in [2.05, 4.69) is 36.7 Å². The molecule has 0 aromatic carbocycles. The molecule has 0 bridgehead atoms. The van der Waals surface area contributed by atoms with Crippen LogP contribution in [0.4, 0.5) is 16.3 Å². The number of H-pyrrole nitrogens is 1. The van der Waals surface area contributed by atoms with Crippen molar-refractivity contribution in [3.8, 4) is 11.5 Å². The zero-order chi connectivity index (χ0) is 20.9. The Morgan fingerprint density at radius 1 is 1.33 bits per heavy atom. The Kier molecular flexibility index (Phi) is 5.97. The van der Waals surface area contributed by atoms with Crippen LogP contribution >= 0.6 is 0 Å². The number of carbonyl (C=O) groups is 1.